The molecule has 1 aromatic rings. The maximum Gasteiger partial charge on any atom is 0.123 e. The van der Waals surface area contributed by atoms with Crippen molar-refractivity contribution >= 4 is 0 Å². The van der Waals surface area contributed by atoms with Gasteiger partial charge in [0, 0.05) is 6.54 Å². The summed E-state index contributed by atoms with van der Waals surface area (Å²) in [4.78, 5) is 0. The molecular formula is C16H25NO. The van der Waals surface area contributed by atoms with E-state index in [0.717, 1.165) is 31.7 Å². The lowest BCUT2D eigenvalue weighted by molar-refractivity contribution is 0.0846. The Morgan fingerprint density at radius 2 is 2.17 bits per heavy atom. The van der Waals surface area contributed by atoms with E-state index in [1.54, 1.807) is 0 Å². The molecule has 0 saturated heterocycles. The van der Waals surface area contributed by atoms with Gasteiger partial charge in [0.1, 0.15) is 11.4 Å². The number of rotatable bonds is 5. The molecule has 2 rings (SSSR count). The second-order valence-corrected chi connectivity index (χ2v) is 5.83. The minimum absolute atomic E-state index is 0.00606. The van der Waals surface area contributed by atoms with E-state index < -0.39 is 0 Å². The fraction of sp³-hybridized carbons (Fsp3) is 0.625. The lowest BCUT2D eigenvalue weighted by Crippen LogP contribution is -2.32. The third-order valence-electron chi connectivity index (χ3n) is 3.54. The van der Waals surface area contributed by atoms with E-state index in [0.29, 0.717) is 0 Å². The smallest absolute Gasteiger partial charge is 0.123 e. The zero-order valence-electron chi connectivity index (χ0n) is 11.9. The Morgan fingerprint density at radius 3 is 2.94 bits per heavy atom. The number of ether oxygens (including phenoxy) is 1. The normalized spacial score (nSPS) is 17.1. The van der Waals surface area contributed by atoms with Gasteiger partial charge in [0.2, 0.25) is 0 Å². The Kier molecular flexibility index (Phi) is 4.28. The molecule has 100 valence electrons. The number of hydrogen-bond donors (Lipinski definition) is 1. The summed E-state index contributed by atoms with van der Waals surface area (Å²) < 4.78 is 6.00. The van der Waals surface area contributed by atoms with Crippen molar-refractivity contribution in [2.24, 2.45) is 0 Å². The number of benzene rings is 1. The topological polar surface area (TPSA) is 21.3 Å². The zero-order valence-corrected chi connectivity index (χ0v) is 11.9. The van der Waals surface area contributed by atoms with E-state index in [4.69, 9.17) is 4.74 Å². The largest absolute Gasteiger partial charge is 0.488 e. The van der Waals surface area contributed by atoms with Crippen LogP contribution in [0.1, 0.15) is 51.2 Å². The van der Waals surface area contributed by atoms with Crippen molar-refractivity contribution in [3.8, 4) is 5.75 Å². The van der Waals surface area contributed by atoms with Gasteiger partial charge in [0.25, 0.3) is 0 Å². The van der Waals surface area contributed by atoms with Crippen LogP contribution in [0, 0.1) is 0 Å². The fourth-order valence-corrected chi connectivity index (χ4v) is 2.36. The van der Waals surface area contributed by atoms with E-state index >= 15 is 0 Å². The Morgan fingerprint density at radius 1 is 1.33 bits per heavy atom. The molecule has 0 unspecified atom stereocenters. The predicted octanol–water partition coefficient (Wildman–Crippen LogP) is 3.68. The Labute approximate surface area is 111 Å². The van der Waals surface area contributed by atoms with Gasteiger partial charge in [0.15, 0.2) is 0 Å². The maximum absolute atomic E-state index is 6.00. The molecule has 1 aromatic carbocycles. The zero-order chi connectivity index (χ0) is 13.0. The first-order valence-corrected chi connectivity index (χ1v) is 7.12. The van der Waals surface area contributed by atoms with Gasteiger partial charge < -0.3 is 10.1 Å². The molecule has 0 aromatic heterocycles. The fourth-order valence-electron chi connectivity index (χ4n) is 2.36. The minimum atomic E-state index is -0.00606. The monoisotopic (exact) mass is 247 g/mol. The Hall–Kier alpha value is -1.02. The summed E-state index contributed by atoms with van der Waals surface area (Å²) in [5, 5.41) is 3.48. The standard InChI is InChI=1S/C16H25NO/c1-4-5-10-17-12-13-6-7-15-14(11-13)8-9-16(2,3)18-15/h6-7,11,17H,4-5,8-10,12H2,1-3H3. The van der Waals surface area contributed by atoms with Crippen molar-refractivity contribution in [3.05, 3.63) is 29.3 Å². The second kappa shape index (κ2) is 5.75. The van der Waals surface area contributed by atoms with E-state index in [9.17, 15) is 0 Å². The van der Waals surface area contributed by atoms with Gasteiger partial charge in [-0.2, -0.15) is 0 Å². The first-order chi connectivity index (χ1) is 8.61. The Balaban J connectivity index is 1.96. The van der Waals surface area contributed by atoms with Crippen LogP contribution in [0.4, 0.5) is 0 Å². The lowest BCUT2D eigenvalue weighted by Gasteiger charge is -2.32. The molecular weight excluding hydrogens is 222 g/mol. The highest BCUT2D eigenvalue weighted by atomic mass is 16.5. The first kappa shape index (κ1) is 13.4. The molecule has 1 aliphatic rings. The molecule has 0 radical (unpaired) electrons. The van der Waals surface area contributed by atoms with Gasteiger partial charge >= 0.3 is 0 Å². The second-order valence-electron chi connectivity index (χ2n) is 5.83. The van der Waals surface area contributed by atoms with Gasteiger partial charge in [-0.05, 0) is 56.8 Å². The van der Waals surface area contributed by atoms with Crippen LogP contribution in [-0.4, -0.2) is 12.1 Å². The van der Waals surface area contributed by atoms with E-state index in [1.807, 2.05) is 0 Å². The molecule has 1 N–H and O–H groups in total. The molecule has 0 bridgehead atoms. The van der Waals surface area contributed by atoms with Gasteiger partial charge in [-0.3, -0.25) is 0 Å². The minimum Gasteiger partial charge on any atom is -0.488 e. The summed E-state index contributed by atoms with van der Waals surface area (Å²) in [5.74, 6) is 1.07. The summed E-state index contributed by atoms with van der Waals surface area (Å²) in [6, 6.07) is 6.61. The molecule has 2 nitrogen and oxygen atoms in total. The molecule has 0 amide bonds. The van der Waals surface area contributed by atoms with Crippen molar-refractivity contribution in [1.29, 1.82) is 0 Å². The van der Waals surface area contributed by atoms with Gasteiger partial charge in [0.05, 0.1) is 0 Å². The van der Waals surface area contributed by atoms with Crippen molar-refractivity contribution < 1.29 is 4.74 Å². The summed E-state index contributed by atoms with van der Waals surface area (Å²) in [7, 11) is 0. The van der Waals surface area contributed by atoms with Gasteiger partial charge in [-0.25, -0.2) is 0 Å². The SMILES string of the molecule is CCCCNCc1ccc2c(c1)CCC(C)(C)O2. The number of fused-ring (bicyclic) bond motifs is 1. The van der Waals surface area contributed by atoms with E-state index in [1.165, 1.54) is 24.0 Å². The van der Waals surface area contributed by atoms with E-state index in [-0.39, 0.29) is 5.60 Å². The van der Waals surface area contributed by atoms with Crippen LogP contribution in [0.15, 0.2) is 18.2 Å². The molecule has 0 saturated carbocycles. The van der Waals surface area contributed by atoms with Gasteiger partial charge in [-0.15, -0.1) is 0 Å². The first-order valence-electron chi connectivity index (χ1n) is 7.12. The quantitative estimate of drug-likeness (QED) is 0.801. The highest BCUT2D eigenvalue weighted by Gasteiger charge is 2.26. The van der Waals surface area contributed by atoms with Crippen LogP contribution >= 0.6 is 0 Å². The molecule has 0 atom stereocenters. The van der Waals surface area contributed by atoms with Crippen LogP contribution < -0.4 is 10.1 Å². The third-order valence-corrected chi connectivity index (χ3v) is 3.54. The van der Waals surface area contributed by atoms with Crippen molar-refractivity contribution in [1.82, 2.24) is 5.32 Å². The summed E-state index contributed by atoms with van der Waals surface area (Å²) >= 11 is 0. The molecule has 1 aliphatic heterocycles. The van der Waals surface area contributed by atoms with E-state index in [2.05, 4.69) is 44.3 Å². The molecule has 18 heavy (non-hydrogen) atoms. The number of hydrogen-bond acceptors (Lipinski definition) is 2. The number of nitrogens with one attached hydrogen (secondary N) is 1. The van der Waals surface area contributed by atoms with Crippen LogP contribution in [-0.2, 0) is 13.0 Å². The van der Waals surface area contributed by atoms with Crippen LogP contribution in [0.5, 0.6) is 5.75 Å². The third kappa shape index (κ3) is 3.49. The highest BCUT2D eigenvalue weighted by molar-refractivity contribution is 5.39. The molecule has 2 heteroatoms. The predicted molar refractivity (Wildman–Crippen MR) is 76.1 cm³/mol. The van der Waals surface area contributed by atoms with Crippen molar-refractivity contribution in [2.75, 3.05) is 6.54 Å². The Bertz CT molecular complexity index is 398. The van der Waals surface area contributed by atoms with Crippen molar-refractivity contribution in [2.45, 2.75) is 58.6 Å². The average molecular weight is 247 g/mol. The van der Waals surface area contributed by atoms with Crippen LogP contribution in [0.25, 0.3) is 0 Å². The average Bonchev–Trinajstić information content (AvgIpc) is 2.34. The number of aryl methyl sites for hydroxylation is 1. The summed E-state index contributed by atoms with van der Waals surface area (Å²) in [5.41, 5.74) is 2.73. The maximum atomic E-state index is 6.00. The highest BCUT2D eigenvalue weighted by Crippen LogP contribution is 2.33. The molecule has 0 spiro atoms. The van der Waals surface area contributed by atoms with Crippen molar-refractivity contribution in [3.63, 3.8) is 0 Å². The number of unbranched alkanes of at least 4 members (excludes halogenated alkanes) is 1. The molecule has 0 aliphatic carbocycles. The van der Waals surface area contributed by atoms with Crippen LogP contribution in [0.3, 0.4) is 0 Å². The van der Waals surface area contributed by atoms with Crippen LogP contribution in [0.2, 0.25) is 0 Å². The lowest BCUT2D eigenvalue weighted by atomic mass is 9.93. The summed E-state index contributed by atoms with van der Waals surface area (Å²) in [6.45, 7) is 8.62. The molecule has 1 heterocycles. The van der Waals surface area contributed by atoms with Gasteiger partial charge in [-0.1, -0.05) is 25.5 Å². The molecule has 0 fully saturated rings. The summed E-state index contributed by atoms with van der Waals surface area (Å²) in [6.07, 6.45) is 4.74.